The van der Waals surface area contributed by atoms with Crippen LogP contribution in [0.25, 0.3) is 0 Å². The minimum absolute atomic E-state index is 0.0361. The van der Waals surface area contributed by atoms with Crippen molar-refractivity contribution in [1.29, 1.82) is 0 Å². The van der Waals surface area contributed by atoms with Crippen molar-refractivity contribution in [3.63, 3.8) is 0 Å². The number of allylic oxidation sites excluding steroid dienone is 22. The van der Waals surface area contributed by atoms with Gasteiger partial charge in [0.2, 0.25) is 0 Å². The Morgan fingerprint density at radius 3 is 1.17 bits per heavy atom. The summed E-state index contributed by atoms with van der Waals surface area (Å²) in [6.45, 7) is 3.40. The van der Waals surface area contributed by atoms with E-state index in [0.29, 0.717) is 13.0 Å². The van der Waals surface area contributed by atoms with Crippen molar-refractivity contribution < 1.29 is 69.0 Å². The summed E-state index contributed by atoms with van der Waals surface area (Å²) < 4.78 is 34.4. The Balaban J connectivity index is 1.71. The summed E-state index contributed by atoms with van der Waals surface area (Å²) in [6.07, 6.45) is 60.8. The van der Waals surface area contributed by atoms with Gasteiger partial charge in [0, 0.05) is 13.0 Å². The highest BCUT2D eigenvalue weighted by molar-refractivity contribution is 5.69. The normalized spacial score (nSPS) is 24.3. The first kappa shape index (κ1) is 75.2. The zero-order valence-electron chi connectivity index (χ0n) is 50.9. The first-order valence-electron chi connectivity index (χ1n) is 31.8. The van der Waals surface area contributed by atoms with Crippen molar-refractivity contribution in [3.8, 4) is 0 Å². The lowest BCUT2D eigenvalue weighted by atomic mass is 9.98. The molecular weight excluding hydrogens is 1050 g/mol. The van der Waals surface area contributed by atoms with Gasteiger partial charge in [0.15, 0.2) is 12.6 Å². The number of ether oxygens (including phenoxy) is 6. The van der Waals surface area contributed by atoms with E-state index < -0.39 is 86.7 Å². The summed E-state index contributed by atoms with van der Waals surface area (Å²) in [6, 6.07) is 0. The van der Waals surface area contributed by atoms with Gasteiger partial charge in [0.1, 0.15) is 54.9 Å². The van der Waals surface area contributed by atoms with Gasteiger partial charge in [0.05, 0.1) is 26.4 Å². The maximum absolute atomic E-state index is 13.1. The standard InChI is InChI=1S/C69H112O14/c1-3-5-7-9-11-13-15-17-19-21-23-25-27-29-30-32-34-36-38-40-42-44-46-48-50-52-61(71)81-58(56-79-68-67(77)65(75)63(73)60(83-68)57-80-69-66(76)64(74)62(72)59(54-70)82-69)55-78-53-51-49-47-45-43-41-39-37-35-33-31-28-26-24-22-20-18-16-14-12-10-8-6-4-2/h5-8,11-14,17-20,23-26,29-30,34,36,40,42,58-60,62-70,72-77H,3-4,9-10,15-16,21-22,27-28,31-33,35,37-39,41,43-57H2,1-2H3/b7-5-,8-6-,13-11-,14-12-,19-17-,20-18-,25-23-,26-24-,30-29-,36-34-,42-40-. The highest BCUT2D eigenvalue weighted by Gasteiger charge is 2.47. The molecule has 11 atom stereocenters. The lowest BCUT2D eigenvalue weighted by Crippen LogP contribution is -2.61. The van der Waals surface area contributed by atoms with Crippen molar-refractivity contribution in [3.05, 3.63) is 134 Å². The summed E-state index contributed by atoms with van der Waals surface area (Å²) in [7, 11) is 0. The Bertz CT molecular complexity index is 1880. The number of carbonyl (C=O) groups is 1. The molecule has 2 saturated heterocycles. The number of aliphatic hydroxyl groups is 7. The van der Waals surface area contributed by atoms with E-state index in [4.69, 9.17) is 28.4 Å². The molecule has 0 aliphatic carbocycles. The summed E-state index contributed by atoms with van der Waals surface area (Å²) in [4.78, 5) is 13.1. The first-order chi connectivity index (χ1) is 40.6. The van der Waals surface area contributed by atoms with Crippen LogP contribution >= 0.6 is 0 Å². The topological polar surface area (TPSA) is 214 Å². The molecule has 0 amide bonds. The molecule has 11 unspecified atom stereocenters. The maximum Gasteiger partial charge on any atom is 0.306 e. The van der Waals surface area contributed by atoms with E-state index in [2.05, 4.69) is 148 Å². The SMILES string of the molecule is CC/C=C\C/C=C\C/C=C\C/C=C\C/C=C\C/C=C\C/C=C\CCCCCC(=O)OC(COCCCCCCCCCCCCC/C=C\C/C=C\C/C=C\C/C=C\CC)COC1OC(COC2OC(CO)C(O)C(O)C2O)C(O)C(O)C1O. The third-order valence-corrected chi connectivity index (χ3v) is 14.2. The Morgan fingerprint density at radius 1 is 0.398 bits per heavy atom. The van der Waals surface area contributed by atoms with Crippen molar-refractivity contribution in [2.24, 2.45) is 0 Å². The Morgan fingerprint density at radius 2 is 0.747 bits per heavy atom. The molecular formula is C69H112O14. The van der Waals surface area contributed by atoms with Crippen LogP contribution < -0.4 is 0 Å². The van der Waals surface area contributed by atoms with Crippen molar-refractivity contribution in [2.75, 3.05) is 33.0 Å². The highest BCUT2D eigenvalue weighted by Crippen LogP contribution is 2.26. The van der Waals surface area contributed by atoms with Crippen molar-refractivity contribution in [2.45, 2.75) is 261 Å². The average Bonchev–Trinajstić information content (AvgIpc) is 3.67. The number of hydrogen-bond acceptors (Lipinski definition) is 14. The molecule has 0 bridgehead atoms. The zero-order valence-corrected chi connectivity index (χ0v) is 50.9. The monoisotopic (exact) mass is 1160 g/mol. The Labute approximate surface area is 500 Å². The Hall–Kier alpha value is -3.87. The van der Waals surface area contributed by atoms with Crippen LogP contribution in [-0.4, -0.2) is 142 Å². The van der Waals surface area contributed by atoms with E-state index in [1.54, 1.807) is 0 Å². The molecule has 2 rings (SSSR count). The predicted molar refractivity (Wildman–Crippen MR) is 334 cm³/mol. The van der Waals surface area contributed by atoms with Crippen LogP contribution in [0.3, 0.4) is 0 Å². The van der Waals surface area contributed by atoms with E-state index in [0.717, 1.165) is 116 Å². The third kappa shape index (κ3) is 39.5. The van der Waals surface area contributed by atoms with Gasteiger partial charge in [-0.3, -0.25) is 4.79 Å². The van der Waals surface area contributed by atoms with Gasteiger partial charge in [0.25, 0.3) is 0 Å². The average molecular weight is 1170 g/mol. The van der Waals surface area contributed by atoms with Crippen molar-refractivity contribution >= 4 is 5.97 Å². The van der Waals surface area contributed by atoms with E-state index in [1.807, 2.05) is 0 Å². The van der Waals surface area contributed by atoms with Gasteiger partial charge in [-0.1, -0.05) is 212 Å². The largest absolute Gasteiger partial charge is 0.457 e. The summed E-state index contributed by atoms with van der Waals surface area (Å²) in [5.74, 6) is -0.413. The number of esters is 1. The summed E-state index contributed by atoms with van der Waals surface area (Å²) in [5, 5.41) is 72.5. The Kier molecular flexibility index (Phi) is 48.6. The molecule has 2 aliphatic rings. The molecule has 2 aliphatic heterocycles. The third-order valence-electron chi connectivity index (χ3n) is 14.2. The lowest BCUT2D eigenvalue weighted by Gasteiger charge is -2.42. The van der Waals surface area contributed by atoms with Gasteiger partial charge in [-0.15, -0.1) is 0 Å². The van der Waals surface area contributed by atoms with E-state index >= 15 is 0 Å². The molecule has 0 aromatic carbocycles. The van der Waals surface area contributed by atoms with Crippen LogP contribution in [0.2, 0.25) is 0 Å². The molecule has 7 N–H and O–H groups in total. The quantitative estimate of drug-likeness (QED) is 0.0172. The molecule has 14 nitrogen and oxygen atoms in total. The minimum Gasteiger partial charge on any atom is -0.457 e. The first-order valence-corrected chi connectivity index (χ1v) is 31.8. The van der Waals surface area contributed by atoms with Gasteiger partial charge in [-0.05, 0) is 109 Å². The molecule has 0 saturated carbocycles. The molecule has 14 heteroatoms. The van der Waals surface area contributed by atoms with Gasteiger partial charge < -0.3 is 64.2 Å². The predicted octanol–water partition coefficient (Wildman–Crippen LogP) is 12.6. The van der Waals surface area contributed by atoms with E-state index in [-0.39, 0.29) is 19.6 Å². The van der Waals surface area contributed by atoms with Gasteiger partial charge >= 0.3 is 5.97 Å². The fraction of sp³-hybridized carbons (Fsp3) is 0.667. The number of carbonyl (C=O) groups excluding carboxylic acids is 1. The van der Waals surface area contributed by atoms with Crippen LogP contribution in [0, 0.1) is 0 Å². The second kappa shape index (κ2) is 53.6. The second-order valence-electron chi connectivity index (χ2n) is 21.5. The van der Waals surface area contributed by atoms with Gasteiger partial charge in [-0.25, -0.2) is 0 Å². The summed E-state index contributed by atoms with van der Waals surface area (Å²) in [5.41, 5.74) is 0. The molecule has 0 aromatic rings. The minimum atomic E-state index is -1.72. The molecule has 83 heavy (non-hydrogen) atoms. The van der Waals surface area contributed by atoms with Crippen LogP contribution in [0.15, 0.2) is 134 Å². The summed E-state index contributed by atoms with van der Waals surface area (Å²) >= 11 is 0. The lowest BCUT2D eigenvalue weighted by molar-refractivity contribution is -0.332. The zero-order chi connectivity index (χ0) is 60.1. The fourth-order valence-electron chi connectivity index (χ4n) is 9.14. The fourth-order valence-corrected chi connectivity index (χ4v) is 9.14. The highest BCUT2D eigenvalue weighted by atomic mass is 16.7. The van der Waals surface area contributed by atoms with Crippen LogP contribution in [0.4, 0.5) is 0 Å². The molecule has 2 fully saturated rings. The second-order valence-corrected chi connectivity index (χ2v) is 21.5. The van der Waals surface area contributed by atoms with Gasteiger partial charge in [-0.2, -0.15) is 0 Å². The van der Waals surface area contributed by atoms with Crippen molar-refractivity contribution in [1.82, 2.24) is 0 Å². The van der Waals surface area contributed by atoms with E-state index in [9.17, 15) is 40.5 Å². The van der Waals surface area contributed by atoms with Crippen LogP contribution in [-0.2, 0) is 33.2 Å². The molecule has 472 valence electrons. The smallest absolute Gasteiger partial charge is 0.306 e. The molecule has 2 heterocycles. The number of unbranched alkanes of at least 4 members (excludes halogenated alkanes) is 14. The van der Waals surface area contributed by atoms with Crippen LogP contribution in [0.5, 0.6) is 0 Å². The molecule has 0 spiro atoms. The molecule has 0 aromatic heterocycles. The van der Waals surface area contributed by atoms with Crippen LogP contribution in [0.1, 0.15) is 194 Å². The number of hydrogen-bond donors (Lipinski definition) is 7. The number of aliphatic hydroxyl groups excluding tert-OH is 7. The maximum atomic E-state index is 13.1. The molecule has 0 radical (unpaired) electrons. The number of rotatable bonds is 50. The van der Waals surface area contributed by atoms with E-state index in [1.165, 1.54) is 51.4 Å².